The first-order chi connectivity index (χ1) is 9.61. The second-order valence-electron chi connectivity index (χ2n) is 6.11. The van der Waals surface area contributed by atoms with Gasteiger partial charge in [-0.3, -0.25) is 4.79 Å². The van der Waals surface area contributed by atoms with E-state index < -0.39 is 0 Å². The van der Waals surface area contributed by atoms with E-state index in [4.69, 9.17) is 0 Å². The van der Waals surface area contributed by atoms with Crippen LogP contribution in [-0.2, 0) is 11.2 Å². The van der Waals surface area contributed by atoms with Crippen molar-refractivity contribution in [3.8, 4) is 0 Å². The number of fused-ring (bicyclic) bond motifs is 2. The van der Waals surface area contributed by atoms with Crippen molar-refractivity contribution in [2.45, 2.75) is 50.6 Å². The molecule has 2 aliphatic rings. The summed E-state index contributed by atoms with van der Waals surface area (Å²) in [5, 5.41) is 3.59. The number of hydrogen-bond acceptors (Lipinski definition) is 2. The standard InChI is InChI=1S/C16H19BrFNO/c17-16-11(2-1-3-15(16)18)9-14(20)8-10-6-12-4-5-13(7-10)19-12/h1-3,10,12-13,19H,4-9H2. The summed E-state index contributed by atoms with van der Waals surface area (Å²) >= 11 is 3.23. The summed E-state index contributed by atoms with van der Waals surface area (Å²) in [6.07, 6.45) is 5.71. The van der Waals surface area contributed by atoms with Crippen LogP contribution in [0.1, 0.15) is 37.7 Å². The molecule has 3 rings (SSSR count). The maximum atomic E-state index is 13.4. The molecule has 4 heteroatoms. The highest BCUT2D eigenvalue weighted by Crippen LogP contribution is 2.33. The third-order valence-corrected chi connectivity index (χ3v) is 5.39. The van der Waals surface area contributed by atoms with Gasteiger partial charge in [0.1, 0.15) is 11.6 Å². The molecule has 0 aromatic heterocycles. The minimum Gasteiger partial charge on any atom is -0.311 e. The fourth-order valence-electron chi connectivity index (χ4n) is 3.63. The Labute approximate surface area is 127 Å². The van der Waals surface area contributed by atoms with Gasteiger partial charge in [0.2, 0.25) is 0 Å². The van der Waals surface area contributed by atoms with E-state index >= 15 is 0 Å². The van der Waals surface area contributed by atoms with Crippen LogP contribution in [0.15, 0.2) is 22.7 Å². The summed E-state index contributed by atoms with van der Waals surface area (Å²) in [6, 6.07) is 6.12. The van der Waals surface area contributed by atoms with E-state index in [0.29, 0.717) is 35.3 Å². The number of rotatable bonds is 4. The van der Waals surface area contributed by atoms with Gasteiger partial charge in [0.15, 0.2) is 0 Å². The monoisotopic (exact) mass is 339 g/mol. The molecule has 1 N–H and O–H groups in total. The lowest BCUT2D eigenvalue weighted by Crippen LogP contribution is -2.38. The Bertz CT molecular complexity index is 507. The van der Waals surface area contributed by atoms with E-state index in [2.05, 4.69) is 21.2 Å². The average molecular weight is 340 g/mol. The van der Waals surface area contributed by atoms with E-state index in [9.17, 15) is 9.18 Å². The Balaban J connectivity index is 1.58. The fourth-order valence-corrected chi connectivity index (χ4v) is 4.04. The molecule has 1 aromatic rings. The van der Waals surface area contributed by atoms with Crippen molar-refractivity contribution in [3.05, 3.63) is 34.1 Å². The Kier molecular flexibility index (Phi) is 4.22. The topological polar surface area (TPSA) is 29.1 Å². The van der Waals surface area contributed by atoms with Gasteiger partial charge < -0.3 is 5.32 Å². The lowest BCUT2D eigenvalue weighted by atomic mass is 9.87. The quantitative estimate of drug-likeness (QED) is 0.907. The van der Waals surface area contributed by atoms with Crippen LogP contribution in [0.2, 0.25) is 0 Å². The van der Waals surface area contributed by atoms with Crippen LogP contribution in [0.5, 0.6) is 0 Å². The maximum absolute atomic E-state index is 13.4. The summed E-state index contributed by atoms with van der Waals surface area (Å²) in [5.41, 5.74) is 0.756. The van der Waals surface area contributed by atoms with Crippen molar-refractivity contribution in [1.29, 1.82) is 0 Å². The molecule has 2 nitrogen and oxygen atoms in total. The predicted octanol–water partition coefficient (Wildman–Crippen LogP) is 3.62. The van der Waals surface area contributed by atoms with Crippen LogP contribution in [0.4, 0.5) is 4.39 Å². The molecule has 2 heterocycles. The SMILES string of the molecule is O=C(Cc1cccc(F)c1Br)CC1CC2CCC(C1)N2. The number of hydrogen-bond donors (Lipinski definition) is 1. The zero-order valence-electron chi connectivity index (χ0n) is 11.4. The Morgan fingerprint density at radius 1 is 1.30 bits per heavy atom. The third kappa shape index (κ3) is 3.12. The van der Waals surface area contributed by atoms with Crippen LogP contribution in [0.3, 0.4) is 0 Å². The molecule has 0 spiro atoms. The molecule has 108 valence electrons. The summed E-state index contributed by atoms with van der Waals surface area (Å²) in [6.45, 7) is 0. The second-order valence-corrected chi connectivity index (χ2v) is 6.90. The summed E-state index contributed by atoms with van der Waals surface area (Å²) in [5.74, 6) is 0.436. The summed E-state index contributed by atoms with van der Waals surface area (Å²) in [4.78, 5) is 12.2. The van der Waals surface area contributed by atoms with Crippen LogP contribution < -0.4 is 5.32 Å². The van der Waals surface area contributed by atoms with Gasteiger partial charge in [-0.25, -0.2) is 4.39 Å². The molecule has 0 saturated carbocycles. The van der Waals surface area contributed by atoms with E-state index in [0.717, 1.165) is 18.4 Å². The second kappa shape index (κ2) is 5.94. The van der Waals surface area contributed by atoms with Crippen LogP contribution in [0.25, 0.3) is 0 Å². The van der Waals surface area contributed by atoms with Crippen molar-refractivity contribution < 1.29 is 9.18 Å². The largest absolute Gasteiger partial charge is 0.311 e. The number of carbonyl (C=O) groups excluding carboxylic acids is 1. The van der Waals surface area contributed by atoms with Gasteiger partial charge >= 0.3 is 0 Å². The van der Waals surface area contributed by atoms with Gasteiger partial charge in [-0.15, -0.1) is 0 Å². The molecule has 0 aliphatic carbocycles. The van der Waals surface area contributed by atoms with Gasteiger partial charge in [0.05, 0.1) is 4.47 Å². The molecule has 2 saturated heterocycles. The minimum absolute atomic E-state index is 0.225. The molecular formula is C16H19BrFNO. The molecule has 2 unspecified atom stereocenters. The molecule has 0 amide bonds. The lowest BCUT2D eigenvalue weighted by molar-refractivity contribution is -0.119. The number of carbonyl (C=O) groups is 1. The number of piperidine rings is 1. The lowest BCUT2D eigenvalue weighted by Gasteiger charge is -2.28. The van der Waals surface area contributed by atoms with Crippen LogP contribution >= 0.6 is 15.9 Å². The maximum Gasteiger partial charge on any atom is 0.137 e. The van der Waals surface area contributed by atoms with Crippen molar-refractivity contribution >= 4 is 21.7 Å². The highest BCUT2D eigenvalue weighted by molar-refractivity contribution is 9.10. The van der Waals surface area contributed by atoms with E-state index in [1.165, 1.54) is 18.9 Å². The van der Waals surface area contributed by atoms with Gasteiger partial charge in [0, 0.05) is 24.9 Å². The van der Waals surface area contributed by atoms with E-state index in [-0.39, 0.29) is 11.6 Å². The van der Waals surface area contributed by atoms with E-state index in [1.54, 1.807) is 6.07 Å². The zero-order valence-corrected chi connectivity index (χ0v) is 13.0. The minimum atomic E-state index is -0.296. The smallest absolute Gasteiger partial charge is 0.137 e. The Morgan fingerprint density at radius 3 is 2.70 bits per heavy atom. The molecular weight excluding hydrogens is 321 g/mol. The van der Waals surface area contributed by atoms with Gasteiger partial charge in [-0.2, -0.15) is 0 Å². The number of benzene rings is 1. The number of Topliss-reactive ketones (excluding diaryl/α,β-unsaturated/α-hetero) is 1. The number of nitrogens with one attached hydrogen (secondary N) is 1. The molecule has 1 aromatic carbocycles. The molecule has 2 atom stereocenters. The van der Waals surface area contributed by atoms with Crippen molar-refractivity contribution in [2.24, 2.45) is 5.92 Å². The molecule has 0 radical (unpaired) electrons. The Morgan fingerprint density at radius 2 is 2.00 bits per heavy atom. The van der Waals surface area contributed by atoms with Gasteiger partial charge in [0.25, 0.3) is 0 Å². The average Bonchev–Trinajstić information content (AvgIpc) is 2.74. The number of ketones is 1. The zero-order chi connectivity index (χ0) is 14.1. The molecule has 2 fully saturated rings. The highest BCUT2D eigenvalue weighted by Gasteiger charge is 2.34. The van der Waals surface area contributed by atoms with Crippen LogP contribution in [0, 0.1) is 11.7 Å². The highest BCUT2D eigenvalue weighted by atomic mass is 79.9. The third-order valence-electron chi connectivity index (χ3n) is 4.51. The molecule has 2 aliphatic heterocycles. The van der Waals surface area contributed by atoms with E-state index in [1.807, 2.05) is 6.07 Å². The molecule has 20 heavy (non-hydrogen) atoms. The summed E-state index contributed by atoms with van der Waals surface area (Å²) in [7, 11) is 0. The number of halogens is 2. The van der Waals surface area contributed by atoms with Gasteiger partial charge in [-0.05, 0) is 59.2 Å². The predicted molar refractivity (Wildman–Crippen MR) is 80.1 cm³/mol. The van der Waals surface area contributed by atoms with Crippen LogP contribution in [-0.4, -0.2) is 17.9 Å². The fraction of sp³-hybridized carbons (Fsp3) is 0.562. The Hall–Kier alpha value is -0.740. The first-order valence-electron chi connectivity index (χ1n) is 7.32. The van der Waals surface area contributed by atoms with Gasteiger partial charge in [-0.1, -0.05) is 12.1 Å². The first-order valence-corrected chi connectivity index (χ1v) is 8.11. The first kappa shape index (κ1) is 14.2. The van der Waals surface area contributed by atoms with Crippen molar-refractivity contribution in [2.75, 3.05) is 0 Å². The van der Waals surface area contributed by atoms with Crippen molar-refractivity contribution in [3.63, 3.8) is 0 Å². The normalized spacial score (nSPS) is 28.6. The molecule has 2 bridgehead atoms. The summed E-state index contributed by atoms with van der Waals surface area (Å²) < 4.78 is 13.9. The van der Waals surface area contributed by atoms with Crippen molar-refractivity contribution in [1.82, 2.24) is 5.32 Å².